The molecule has 1 N–H and O–H groups in total. The number of ketones is 1. The first-order valence-corrected chi connectivity index (χ1v) is 10.3. The lowest BCUT2D eigenvalue weighted by Crippen LogP contribution is -2.28. The van der Waals surface area contributed by atoms with Crippen LogP contribution >= 0.6 is 11.3 Å². The summed E-state index contributed by atoms with van der Waals surface area (Å²) >= 11 is 1.50. The van der Waals surface area contributed by atoms with Crippen LogP contribution in [0.1, 0.15) is 33.6 Å². The zero-order valence-corrected chi connectivity index (χ0v) is 17.7. The Morgan fingerprint density at radius 3 is 2.60 bits per heavy atom. The predicted molar refractivity (Wildman–Crippen MR) is 113 cm³/mol. The van der Waals surface area contributed by atoms with E-state index in [0.29, 0.717) is 22.8 Å². The first-order valence-electron chi connectivity index (χ1n) is 9.43. The number of carbonyl (C=O) groups is 2. The smallest absolute Gasteiger partial charge is 0.296 e. The number of carbonyl (C=O) groups excluding carboxylic acids is 2. The molecule has 4 rings (SSSR count). The minimum absolute atomic E-state index is 0.0236. The van der Waals surface area contributed by atoms with Crippen LogP contribution in [-0.4, -0.2) is 28.8 Å². The molecule has 0 spiro atoms. The van der Waals surface area contributed by atoms with Gasteiger partial charge in [-0.05, 0) is 61.2 Å². The minimum atomic E-state index is -0.803. The molecule has 0 bridgehead atoms. The van der Waals surface area contributed by atoms with Gasteiger partial charge in [0.1, 0.15) is 29.1 Å². The monoisotopic (exact) mass is 423 g/mol. The first kappa shape index (κ1) is 20.0. The number of aliphatic hydroxyl groups excluding tert-OH is 1. The fourth-order valence-electron chi connectivity index (χ4n) is 3.69. The Kier molecular flexibility index (Phi) is 5.22. The van der Waals surface area contributed by atoms with Gasteiger partial charge in [-0.25, -0.2) is 0 Å². The summed E-state index contributed by atoms with van der Waals surface area (Å²) in [7, 11) is 1.57. The van der Waals surface area contributed by atoms with Gasteiger partial charge in [0, 0.05) is 10.4 Å². The number of aryl methyl sites for hydroxylation is 2. The van der Waals surface area contributed by atoms with Crippen LogP contribution in [0.5, 0.6) is 5.75 Å². The molecule has 1 atom stereocenters. The van der Waals surface area contributed by atoms with E-state index < -0.39 is 17.7 Å². The number of likely N-dealkylation sites (tertiary alicyclic amines) is 1. The third kappa shape index (κ3) is 3.41. The zero-order valence-electron chi connectivity index (χ0n) is 16.8. The van der Waals surface area contributed by atoms with Gasteiger partial charge in [-0.1, -0.05) is 6.07 Å². The predicted octanol–water partition coefficient (Wildman–Crippen LogP) is 4.59. The number of furan rings is 1. The molecule has 1 amide bonds. The van der Waals surface area contributed by atoms with Crippen molar-refractivity contribution >= 4 is 28.8 Å². The molecule has 1 aliphatic rings. The number of amides is 1. The van der Waals surface area contributed by atoms with Gasteiger partial charge >= 0.3 is 0 Å². The van der Waals surface area contributed by atoms with Crippen LogP contribution in [0.15, 0.2) is 57.8 Å². The zero-order chi connectivity index (χ0) is 21.4. The van der Waals surface area contributed by atoms with Crippen LogP contribution in [0.3, 0.4) is 0 Å². The Hall–Kier alpha value is -3.32. The maximum atomic E-state index is 13.0. The summed E-state index contributed by atoms with van der Waals surface area (Å²) in [5, 5.41) is 13.0. The van der Waals surface area contributed by atoms with Gasteiger partial charge in [-0.15, -0.1) is 11.3 Å². The third-order valence-corrected chi connectivity index (χ3v) is 6.01. The van der Waals surface area contributed by atoms with Gasteiger partial charge < -0.3 is 19.2 Å². The largest absolute Gasteiger partial charge is 0.507 e. The van der Waals surface area contributed by atoms with Gasteiger partial charge in [0.15, 0.2) is 0 Å². The van der Waals surface area contributed by atoms with Crippen molar-refractivity contribution in [1.29, 1.82) is 0 Å². The van der Waals surface area contributed by atoms with Crippen molar-refractivity contribution in [3.05, 3.63) is 80.9 Å². The normalized spacial score (nSPS) is 18.2. The molecule has 2 aromatic heterocycles. The van der Waals surface area contributed by atoms with E-state index in [4.69, 9.17) is 9.15 Å². The molecule has 1 aliphatic heterocycles. The molecule has 3 heterocycles. The highest BCUT2D eigenvalue weighted by Crippen LogP contribution is 2.41. The summed E-state index contributed by atoms with van der Waals surface area (Å²) in [6.45, 7) is 3.89. The summed E-state index contributed by atoms with van der Waals surface area (Å²) in [4.78, 5) is 28.3. The van der Waals surface area contributed by atoms with E-state index in [1.54, 1.807) is 44.4 Å². The average molecular weight is 423 g/mol. The number of ether oxygens (including phenoxy) is 1. The first-order chi connectivity index (χ1) is 14.4. The van der Waals surface area contributed by atoms with Crippen molar-refractivity contribution in [1.82, 2.24) is 4.90 Å². The number of aliphatic hydroxyl groups is 1. The molecule has 3 aromatic rings. The standard InChI is InChI=1S/C23H21NO5S/c1-13-11-15(7-9-17(13)28-3)21(25)19-20(18-8-6-14(2)29-18)24(23(27)22(19)26)12-16-5-4-10-30-16/h4-11,20,25H,12H2,1-3H3/b21-19-. The van der Waals surface area contributed by atoms with Crippen molar-refractivity contribution in [2.75, 3.05) is 7.11 Å². The third-order valence-electron chi connectivity index (χ3n) is 5.15. The maximum absolute atomic E-state index is 13.0. The van der Waals surface area contributed by atoms with Crippen molar-refractivity contribution < 1.29 is 23.8 Å². The minimum Gasteiger partial charge on any atom is -0.507 e. The van der Waals surface area contributed by atoms with Crippen LogP contribution in [0.4, 0.5) is 0 Å². The van der Waals surface area contributed by atoms with Crippen LogP contribution in [-0.2, 0) is 16.1 Å². The molecule has 1 fully saturated rings. The lowest BCUT2D eigenvalue weighted by molar-refractivity contribution is -0.140. The van der Waals surface area contributed by atoms with Gasteiger partial charge in [-0.3, -0.25) is 9.59 Å². The Labute approximate surface area is 178 Å². The van der Waals surface area contributed by atoms with Crippen LogP contribution in [0, 0.1) is 13.8 Å². The van der Waals surface area contributed by atoms with Gasteiger partial charge in [-0.2, -0.15) is 0 Å². The fourth-order valence-corrected chi connectivity index (χ4v) is 4.39. The molecule has 1 saturated heterocycles. The SMILES string of the molecule is COc1ccc(/C(O)=C2/C(=O)C(=O)N(Cc3cccs3)C2c2ccc(C)o2)cc1C. The molecular weight excluding hydrogens is 402 g/mol. The molecule has 1 unspecified atom stereocenters. The second kappa shape index (κ2) is 7.84. The number of benzene rings is 1. The van der Waals surface area contributed by atoms with Gasteiger partial charge in [0.25, 0.3) is 11.7 Å². The highest BCUT2D eigenvalue weighted by Gasteiger charge is 2.47. The quantitative estimate of drug-likeness (QED) is 0.369. The Bertz CT molecular complexity index is 1140. The van der Waals surface area contributed by atoms with E-state index >= 15 is 0 Å². The summed E-state index contributed by atoms with van der Waals surface area (Å²) < 4.78 is 11.1. The van der Waals surface area contributed by atoms with E-state index in [1.807, 2.05) is 24.4 Å². The summed E-state index contributed by atoms with van der Waals surface area (Å²) in [5.74, 6) is 0.155. The van der Waals surface area contributed by atoms with Gasteiger partial charge in [0.05, 0.1) is 19.2 Å². The molecule has 30 heavy (non-hydrogen) atoms. The number of hydrogen-bond acceptors (Lipinski definition) is 6. The van der Waals surface area contributed by atoms with Crippen molar-refractivity contribution in [3.8, 4) is 5.75 Å². The molecule has 6 nitrogen and oxygen atoms in total. The Morgan fingerprint density at radius 1 is 1.20 bits per heavy atom. The van der Waals surface area contributed by atoms with E-state index in [0.717, 1.165) is 10.4 Å². The van der Waals surface area contributed by atoms with E-state index in [-0.39, 0.29) is 17.9 Å². The van der Waals surface area contributed by atoms with Crippen LogP contribution < -0.4 is 4.74 Å². The highest BCUT2D eigenvalue weighted by atomic mass is 32.1. The van der Waals surface area contributed by atoms with Crippen LogP contribution in [0.2, 0.25) is 0 Å². The van der Waals surface area contributed by atoms with E-state index in [2.05, 4.69) is 0 Å². The number of thiophene rings is 1. The molecule has 1 aromatic carbocycles. The van der Waals surface area contributed by atoms with Crippen molar-refractivity contribution in [2.24, 2.45) is 0 Å². The Morgan fingerprint density at radius 2 is 2.00 bits per heavy atom. The Balaban J connectivity index is 1.85. The topological polar surface area (TPSA) is 80.0 Å². The van der Waals surface area contributed by atoms with E-state index in [9.17, 15) is 14.7 Å². The molecule has 0 radical (unpaired) electrons. The van der Waals surface area contributed by atoms with Gasteiger partial charge in [0.2, 0.25) is 0 Å². The van der Waals surface area contributed by atoms with E-state index in [1.165, 1.54) is 16.2 Å². The second-order valence-electron chi connectivity index (χ2n) is 7.14. The summed E-state index contributed by atoms with van der Waals surface area (Å²) in [6.07, 6.45) is 0. The molecular formula is C23H21NO5S. The number of rotatable bonds is 5. The van der Waals surface area contributed by atoms with Crippen molar-refractivity contribution in [3.63, 3.8) is 0 Å². The lowest BCUT2D eigenvalue weighted by Gasteiger charge is -2.22. The number of methoxy groups -OCH3 is 1. The number of nitrogens with zero attached hydrogens (tertiary/aromatic N) is 1. The molecule has 154 valence electrons. The van der Waals surface area contributed by atoms with Crippen molar-refractivity contribution in [2.45, 2.75) is 26.4 Å². The van der Waals surface area contributed by atoms with Crippen LogP contribution in [0.25, 0.3) is 5.76 Å². The molecule has 7 heteroatoms. The lowest BCUT2D eigenvalue weighted by atomic mass is 9.98. The summed E-state index contributed by atoms with van der Waals surface area (Å²) in [6, 6.07) is 11.6. The second-order valence-corrected chi connectivity index (χ2v) is 8.17. The number of Topliss-reactive ketones (excluding diaryl/α,β-unsaturated/α-hetero) is 1. The average Bonchev–Trinajstić information content (AvgIpc) is 3.45. The highest BCUT2D eigenvalue weighted by molar-refractivity contribution is 7.09. The number of hydrogen-bond donors (Lipinski definition) is 1. The molecule has 0 saturated carbocycles. The molecule has 0 aliphatic carbocycles. The summed E-state index contributed by atoms with van der Waals surface area (Å²) in [5.41, 5.74) is 1.27. The maximum Gasteiger partial charge on any atom is 0.296 e. The fraction of sp³-hybridized carbons (Fsp3) is 0.217.